The van der Waals surface area contributed by atoms with Crippen molar-refractivity contribution in [1.29, 1.82) is 0 Å². The molecule has 128 valence electrons. The third-order valence-electron chi connectivity index (χ3n) is 3.42. The molecule has 7 nitrogen and oxygen atoms in total. The summed E-state index contributed by atoms with van der Waals surface area (Å²) in [4.78, 5) is 26.2. The number of nitrogens with zero attached hydrogens (tertiary/aromatic N) is 3. The van der Waals surface area contributed by atoms with E-state index in [9.17, 15) is 9.59 Å². The molecule has 0 spiro atoms. The maximum absolute atomic E-state index is 12.6. The fourth-order valence-corrected chi connectivity index (χ4v) is 3.05. The number of piperidine rings is 1. The van der Waals surface area contributed by atoms with Gasteiger partial charge in [-0.3, -0.25) is 9.48 Å². The Morgan fingerprint density at radius 2 is 2.13 bits per heavy atom. The molecule has 1 aromatic rings. The molecule has 1 fully saturated rings. The van der Waals surface area contributed by atoms with Gasteiger partial charge in [0.1, 0.15) is 5.60 Å². The van der Waals surface area contributed by atoms with Crippen LogP contribution in [-0.4, -0.2) is 51.4 Å². The molecule has 1 N–H and O–H groups in total. The van der Waals surface area contributed by atoms with E-state index in [1.54, 1.807) is 22.8 Å². The summed E-state index contributed by atoms with van der Waals surface area (Å²) >= 11 is 3.35. The van der Waals surface area contributed by atoms with Gasteiger partial charge in [0.2, 0.25) is 0 Å². The summed E-state index contributed by atoms with van der Waals surface area (Å²) in [5, 5.41) is 7.03. The second-order valence-corrected chi connectivity index (χ2v) is 7.59. The molecule has 1 aliphatic rings. The highest BCUT2D eigenvalue weighted by molar-refractivity contribution is 9.10. The zero-order valence-corrected chi connectivity index (χ0v) is 15.5. The SMILES string of the molecule is Cn1cc(Br)c(C(=O)N2CCC[C@@H](NC(=O)OC(C)(C)C)C2)n1. The molecular formula is C15H23BrN4O3. The number of hydrogen-bond donors (Lipinski definition) is 1. The van der Waals surface area contributed by atoms with Crippen LogP contribution in [-0.2, 0) is 11.8 Å². The summed E-state index contributed by atoms with van der Waals surface area (Å²) in [6.07, 6.45) is 2.95. The number of amides is 2. The summed E-state index contributed by atoms with van der Waals surface area (Å²) in [7, 11) is 1.77. The second-order valence-electron chi connectivity index (χ2n) is 6.74. The van der Waals surface area contributed by atoms with Crippen LogP contribution in [0.25, 0.3) is 0 Å². The summed E-state index contributed by atoms with van der Waals surface area (Å²) in [6, 6.07) is -0.106. The lowest BCUT2D eigenvalue weighted by Gasteiger charge is -2.33. The van der Waals surface area contributed by atoms with Gasteiger partial charge in [0.15, 0.2) is 5.69 Å². The van der Waals surface area contributed by atoms with Gasteiger partial charge in [-0.1, -0.05) is 0 Å². The van der Waals surface area contributed by atoms with Crippen molar-refractivity contribution < 1.29 is 14.3 Å². The Morgan fingerprint density at radius 1 is 1.43 bits per heavy atom. The van der Waals surface area contributed by atoms with E-state index in [-0.39, 0.29) is 11.9 Å². The Balaban J connectivity index is 1.97. The van der Waals surface area contributed by atoms with Gasteiger partial charge >= 0.3 is 6.09 Å². The number of ether oxygens (including phenoxy) is 1. The van der Waals surface area contributed by atoms with E-state index in [2.05, 4.69) is 26.3 Å². The van der Waals surface area contributed by atoms with E-state index in [1.807, 2.05) is 20.8 Å². The molecule has 1 saturated heterocycles. The molecule has 1 aromatic heterocycles. The fraction of sp³-hybridized carbons (Fsp3) is 0.667. The summed E-state index contributed by atoms with van der Waals surface area (Å²) in [6.45, 7) is 6.58. The summed E-state index contributed by atoms with van der Waals surface area (Å²) in [5.41, 5.74) is -0.141. The number of likely N-dealkylation sites (tertiary alicyclic amines) is 1. The lowest BCUT2D eigenvalue weighted by molar-refractivity contribution is 0.0451. The van der Waals surface area contributed by atoms with Crippen molar-refractivity contribution in [2.75, 3.05) is 13.1 Å². The molecule has 8 heteroatoms. The largest absolute Gasteiger partial charge is 0.444 e. The molecule has 0 unspecified atom stereocenters. The maximum atomic E-state index is 12.6. The van der Waals surface area contributed by atoms with Crippen molar-refractivity contribution in [3.63, 3.8) is 0 Å². The Morgan fingerprint density at radius 3 is 2.70 bits per heavy atom. The van der Waals surface area contributed by atoms with Gasteiger partial charge in [-0.25, -0.2) is 4.79 Å². The first-order chi connectivity index (χ1) is 10.7. The van der Waals surface area contributed by atoms with Crippen LogP contribution in [0.2, 0.25) is 0 Å². The van der Waals surface area contributed by atoms with Crippen molar-refractivity contribution in [2.45, 2.75) is 45.3 Å². The van der Waals surface area contributed by atoms with Gasteiger partial charge in [0.05, 0.1) is 4.47 Å². The smallest absolute Gasteiger partial charge is 0.407 e. The van der Waals surface area contributed by atoms with E-state index in [0.29, 0.717) is 23.3 Å². The second kappa shape index (κ2) is 6.90. The fourth-order valence-electron chi connectivity index (χ4n) is 2.51. The molecule has 0 aromatic carbocycles. The van der Waals surface area contributed by atoms with Crippen LogP contribution in [0.1, 0.15) is 44.1 Å². The highest BCUT2D eigenvalue weighted by Crippen LogP contribution is 2.19. The van der Waals surface area contributed by atoms with Gasteiger partial charge < -0.3 is 15.0 Å². The highest BCUT2D eigenvalue weighted by Gasteiger charge is 2.29. The van der Waals surface area contributed by atoms with Crippen LogP contribution in [0.4, 0.5) is 4.79 Å². The van der Waals surface area contributed by atoms with Crippen molar-refractivity contribution in [2.24, 2.45) is 7.05 Å². The van der Waals surface area contributed by atoms with E-state index < -0.39 is 11.7 Å². The minimum Gasteiger partial charge on any atom is -0.444 e. The van der Waals surface area contributed by atoms with E-state index in [0.717, 1.165) is 12.8 Å². The zero-order valence-electron chi connectivity index (χ0n) is 13.9. The first kappa shape index (κ1) is 17.8. The van der Waals surface area contributed by atoms with E-state index in [4.69, 9.17) is 4.74 Å². The van der Waals surface area contributed by atoms with Crippen LogP contribution in [0.5, 0.6) is 0 Å². The van der Waals surface area contributed by atoms with Gasteiger partial charge in [-0.15, -0.1) is 0 Å². The normalized spacial score (nSPS) is 18.7. The average molecular weight is 387 g/mol. The van der Waals surface area contributed by atoms with Gasteiger partial charge in [-0.05, 0) is 49.5 Å². The predicted octanol–water partition coefficient (Wildman–Crippen LogP) is 2.31. The van der Waals surface area contributed by atoms with Gasteiger partial charge in [-0.2, -0.15) is 5.10 Å². The number of alkyl carbamates (subject to hydrolysis) is 1. The number of nitrogens with one attached hydrogen (secondary N) is 1. The Labute approximate surface area is 144 Å². The minimum absolute atomic E-state index is 0.106. The van der Waals surface area contributed by atoms with Crippen molar-refractivity contribution in [3.8, 4) is 0 Å². The van der Waals surface area contributed by atoms with Gasteiger partial charge in [0.25, 0.3) is 5.91 Å². The summed E-state index contributed by atoms with van der Waals surface area (Å²) in [5.74, 6) is -0.131. The molecule has 1 atom stereocenters. The van der Waals surface area contributed by atoms with E-state index in [1.165, 1.54) is 0 Å². The van der Waals surface area contributed by atoms with Crippen LogP contribution < -0.4 is 5.32 Å². The molecule has 0 radical (unpaired) electrons. The Bertz CT molecular complexity index is 594. The molecule has 0 saturated carbocycles. The monoisotopic (exact) mass is 386 g/mol. The third-order valence-corrected chi connectivity index (χ3v) is 4.00. The number of hydrogen-bond acceptors (Lipinski definition) is 4. The lowest BCUT2D eigenvalue weighted by atomic mass is 10.1. The van der Waals surface area contributed by atoms with Gasteiger partial charge in [0, 0.05) is 32.4 Å². The molecule has 2 amide bonds. The maximum Gasteiger partial charge on any atom is 0.407 e. The first-order valence-corrected chi connectivity index (χ1v) is 8.43. The van der Waals surface area contributed by atoms with Crippen LogP contribution in [0.3, 0.4) is 0 Å². The molecule has 0 bridgehead atoms. The third kappa shape index (κ3) is 4.95. The van der Waals surface area contributed by atoms with Crippen LogP contribution in [0, 0.1) is 0 Å². The molecule has 2 rings (SSSR count). The molecule has 23 heavy (non-hydrogen) atoms. The molecular weight excluding hydrogens is 364 g/mol. The first-order valence-electron chi connectivity index (χ1n) is 7.63. The number of aromatic nitrogens is 2. The van der Waals surface area contributed by atoms with Crippen molar-refractivity contribution in [1.82, 2.24) is 20.0 Å². The predicted molar refractivity (Wildman–Crippen MR) is 89.2 cm³/mol. The van der Waals surface area contributed by atoms with Crippen molar-refractivity contribution in [3.05, 3.63) is 16.4 Å². The molecule has 2 heterocycles. The van der Waals surface area contributed by atoms with E-state index >= 15 is 0 Å². The topological polar surface area (TPSA) is 76.5 Å². The van der Waals surface area contributed by atoms with Crippen LogP contribution in [0.15, 0.2) is 10.7 Å². The number of halogens is 1. The molecule has 0 aliphatic carbocycles. The minimum atomic E-state index is -0.535. The number of rotatable bonds is 2. The number of aryl methyl sites for hydroxylation is 1. The van der Waals surface area contributed by atoms with Crippen molar-refractivity contribution >= 4 is 27.9 Å². The zero-order chi connectivity index (χ0) is 17.2. The Hall–Kier alpha value is -1.57. The standard InChI is InChI=1S/C15H23BrN4O3/c1-15(2,3)23-14(22)17-10-6-5-7-20(8-10)13(21)12-11(16)9-19(4)18-12/h9-10H,5-8H2,1-4H3,(H,17,22)/t10-/m1/s1. The average Bonchev–Trinajstić information content (AvgIpc) is 2.75. The quantitative estimate of drug-likeness (QED) is 0.845. The molecule has 1 aliphatic heterocycles. The van der Waals surface area contributed by atoms with Crippen LogP contribution >= 0.6 is 15.9 Å². The lowest BCUT2D eigenvalue weighted by Crippen LogP contribution is -2.50. The number of carbonyl (C=O) groups excluding carboxylic acids is 2. The summed E-state index contributed by atoms with van der Waals surface area (Å²) < 4.78 is 7.53. The highest BCUT2D eigenvalue weighted by atomic mass is 79.9. The number of carbonyl (C=O) groups is 2. The Kier molecular flexibility index (Phi) is 5.33.